The predicted molar refractivity (Wildman–Crippen MR) is 87.3 cm³/mol. The fraction of sp³-hybridized carbons (Fsp3) is 0.333. The van der Waals surface area contributed by atoms with Crippen LogP contribution in [0.5, 0.6) is 0 Å². The average Bonchev–Trinajstić information content (AvgIpc) is 2.48. The van der Waals surface area contributed by atoms with E-state index >= 15 is 0 Å². The number of benzene rings is 2. The molecule has 2 aromatic carbocycles. The summed E-state index contributed by atoms with van der Waals surface area (Å²) in [5, 5.41) is 3.82. The SMILES string of the molecule is Cc1ccccc1[C@@H](C)NC1CCSc2ccccc21. The minimum atomic E-state index is 0.386. The van der Waals surface area contributed by atoms with E-state index in [9.17, 15) is 0 Å². The highest BCUT2D eigenvalue weighted by atomic mass is 32.2. The first kappa shape index (κ1) is 13.7. The zero-order valence-electron chi connectivity index (χ0n) is 12.1. The Hall–Kier alpha value is -1.25. The molecule has 104 valence electrons. The van der Waals surface area contributed by atoms with E-state index in [2.05, 4.69) is 67.7 Å². The first-order valence-corrected chi connectivity index (χ1v) is 8.27. The van der Waals surface area contributed by atoms with Crippen molar-refractivity contribution in [1.82, 2.24) is 5.32 Å². The molecule has 2 heteroatoms. The molecule has 0 amide bonds. The molecule has 3 rings (SSSR count). The summed E-state index contributed by atoms with van der Waals surface area (Å²) in [6.07, 6.45) is 1.21. The van der Waals surface area contributed by atoms with Gasteiger partial charge in [-0.2, -0.15) is 0 Å². The van der Waals surface area contributed by atoms with Crippen LogP contribution < -0.4 is 5.32 Å². The number of thioether (sulfide) groups is 1. The Balaban J connectivity index is 1.81. The Morgan fingerprint density at radius 2 is 1.85 bits per heavy atom. The Morgan fingerprint density at radius 1 is 1.10 bits per heavy atom. The van der Waals surface area contributed by atoms with Crippen molar-refractivity contribution in [2.75, 3.05) is 5.75 Å². The normalized spacial score (nSPS) is 19.4. The maximum atomic E-state index is 3.82. The number of rotatable bonds is 3. The van der Waals surface area contributed by atoms with Crippen molar-refractivity contribution in [3.8, 4) is 0 Å². The third-order valence-electron chi connectivity index (χ3n) is 4.06. The van der Waals surface area contributed by atoms with Crippen LogP contribution >= 0.6 is 11.8 Å². The summed E-state index contributed by atoms with van der Waals surface area (Å²) in [6.45, 7) is 4.46. The van der Waals surface area contributed by atoms with Gasteiger partial charge in [-0.3, -0.25) is 0 Å². The highest BCUT2D eigenvalue weighted by Crippen LogP contribution is 2.37. The maximum absolute atomic E-state index is 3.82. The summed E-state index contributed by atoms with van der Waals surface area (Å²) in [7, 11) is 0. The molecule has 0 bridgehead atoms. The van der Waals surface area contributed by atoms with E-state index in [1.165, 1.54) is 33.8 Å². The molecule has 1 aliphatic rings. The van der Waals surface area contributed by atoms with Crippen LogP contribution in [0, 0.1) is 6.92 Å². The van der Waals surface area contributed by atoms with E-state index in [1.54, 1.807) is 0 Å². The number of hydrogen-bond acceptors (Lipinski definition) is 2. The first-order valence-electron chi connectivity index (χ1n) is 7.29. The summed E-state index contributed by atoms with van der Waals surface area (Å²) in [5.41, 5.74) is 4.23. The second-order valence-electron chi connectivity index (χ2n) is 5.47. The van der Waals surface area contributed by atoms with Gasteiger partial charge in [0.1, 0.15) is 0 Å². The van der Waals surface area contributed by atoms with Crippen molar-refractivity contribution in [1.29, 1.82) is 0 Å². The summed E-state index contributed by atoms with van der Waals surface area (Å²) < 4.78 is 0. The summed E-state index contributed by atoms with van der Waals surface area (Å²) >= 11 is 1.98. The minimum Gasteiger partial charge on any atom is -0.303 e. The molecular formula is C18H21NS. The Kier molecular flexibility index (Phi) is 4.13. The molecule has 0 saturated carbocycles. The molecule has 1 unspecified atom stereocenters. The first-order chi connectivity index (χ1) is 9.75. The molecule has 0 aliphatic carbocycles. The largest absolute Gasteiger partial charge is 0.303 e. The molecule has 1 aliphatic heterocycles. The highest BCUT2D eigenvalue weighted by molar-refractivity contribution is 7.99. The minimum absolute atomic E-state index is 0.386. The van der Waals surface area contributed by atoms with Crippen molar-refractivity contribution in [3.63, 3.8) is 0 Å². The molecule has 1 nitrogen and oxygen atoms in total. The highest BCUT2D eigenvalue weighted by Gasteiger charge is 2.22. The van der Waals surface area contributed by atoms with E-state index in [1.807, 2.05) is 11.8 Å². The van der Waals surface area contributed by atoms with Crippen LogP contribution in [0.1, 0.15) is 42.1 Å². The molecule has 0 radical (unpaired) electrons. The van der Waals surface area contributed by atoms with Gasteiger partial charge in [-0.05, 0) is 48.8 Å². The number of nitrogens with one attached hydrogen (secondary N) is 1. The van der Waals surface area contributed by atoms with Gasteiger partial charge in [-0.25, -0.2) is 0 Å². The Morgan fingerprint density at radius 3 is 2.70 bits per heavy atom. The molecule has 20 heavy (non-hydrogen) atoms. The van der Waals surface area contributed by atoms with Crippen LogP contribution in [0.3, 0.4) is 0 Å². The third kappa shape index (κ3) is 2.77. The lowest BCUT2D eigenvalue weighted by Gasteiger charge is -2.29. The number of hydrogen-bond donors (Lipinski definition) is 1. The lowest BCUT2D eigenvalue weighted by atomic mass is 9.98. The molecule has 1 heterocycles. The van der Waals surface area contributed by atoms with Gasteiger partial charge < -0.3 is 5.32 Å². The molecule has 0 aromatic heterocycles. The summed E-state index contributed by atoms with van der Waals surface area (Å²) in [4.78, 5) is 1.44. The van der Waals surface area contributed by atoms with Crippen molar-refractivity contribution in [2.24, 2.45) is 0 Å². The van der Waals surface area contributed by atoms with Crippen LogP contribution in [0.2, 0.25) is 0 Å². The molecule has 0 fully saturated rings. The molecule has 2 aromatic rings. The lowest BCUT2D eigenvalue weighted by Crippen LogP contribution is -2.27. The molecular weight excluding hydrogens is 262 g/mol. The van der Waals surface area contributed by atoms with Gasteiger partial charge >= 0.3 is 0 Å². The second-order valence-corrected chi connectivity index (χ2v) is 6.61. The van der Waals surface area contributed by atoms with E-state index in [0.717, 1.165) is 0 Å². The fourth-order valence-electron chi connectivity index (χ4n) is 2.98. The maximum Gasteiger partial charge on any atom is 0.0344 e. The Bertz CT molecular complexity index is 593. The lowest BCUT2D eigenvalue weighted by molar-refractivity contribution is 0.449. The van der Waals surface area contributed by atoms with Crippen LogP contribution in [0.4, 0.5) is 0 Å². The van der Waals surface area contributed by atoms with Gasteiger partial charge in [0.15, 0.2) is 0 Å². The quantitative estimate of drug-likeness (QED) is 0.861. The van der Waals surface area contributed by atoms with E-state index in [4.69, 9.17) is 0 Å². The fourth-order valence-corrected chi connectivity index (χ4v) is 4.10. The topological polar surface area (TPSA) is 12.0 Å². The summed E-state index contributed by atoms with van der Waals surface area (Å²) in [6, 6.07) is 18.3. The standard InChI is InChI=1S/C18H21NS/c1-13-7-3-4-8-15(13)14(2)19-17-11-12-20-18-10-6-5-9-16(17)18/h3-10,14,17,19H,11-12H2,1-2H3/t14-,17?/m1/s1. The van der Waals surface area contributed by atoms with E-state index in [-0.39, 0.29) is 0 Å². The third-order valence-corrected chi connectivity index (χ3v) is 5.19. The molecule has 1 N–H and O–H groups in total. The number of aryl methyl sites for hydroxylation is 1. The van der Waals surface area contributed by atoms with Crippen molar-refractivity contribution < 1.29 is 0 Å². The van der Waals surface area contributed by atoms with Gasteiger partial charge in [0.2, 0.25) is 0 Å². The van der Waals surface area contributed by atoms with Crippen LogP contribution in [-0.4, -0.2) is 5.75 Å². The predicted octanol–water partition coefficient (Wildman–Crippen LogP) is 4.88. The summed E-state index contributed by atoms with van der Waals surface area (Å²) in [5.74, 6) is 1.20. The van der Waals surface area contributed by atoms with Gasteiger partial charge in [0.25, 0.3) is 0 Å². The average molecular weight is 283 g/mol. The van der Waals surface area contributed by atoms with Crippen LogP contribution in [0.15, 0.2) is 53.4 Å². The monoisotopic (exact) mass is 283 g/mol. The molecule has 0 saturated heterocycles. The van der Waals surface area contributed by atoms with E-state index < -0.39 is 0 Å². The number of fused-ring (bicyclic) bond motifs is 1. The second kappa shape index (κ2) is 6.02. The molecule has 0 spiro atoms. The Labute approximate surface area is 125 Å². The zero-order valence-corrected chi connectivity index (χ0v) is 12.9. The van der Waals surface area contributed by atoms with Gasteiger partial charge in [0.05, 0.1) is 0 Å². The van der Waals surface area contributed by atoms with Crippen LogP contribution in [-0.2, 0) is 0 Å². The van der Waals surface area contributed by atoms with Crippen molar-refractivity contribution in [2.45, 2.75) is 37.2 Å². The van der Waals surface area contributed by atoms with Gasteiger partial charge in [-0.1, -0.05) is 42.5 Å². The smallest absolute Gasteiger partial charge is 0.0344 e. The molecule has 2 atom stereocenters. The van der Waals surface area contributed by atoms with Crippen molar-refractivity contribution in [3.05, 3.63) is 65.2 Å². The zero-order chi connectivity index (χ0) is 13.9. The van der Waals surface area contributed by atoms with E-state index in [0.29, 0.717) is 12.1 Å². The van der Waals surface area contributed by atoms with Crippen molar-refractivity contribution >= 4 is 11.8 Å². The van der Waals surface area contributed by atoms with Gasteiger partial charge in [-0.15, -0.1) is 11.8 Å². The van der Waals surface area contributed by atoms with Gasteiger partial charge in [0, 0.05) is 17.0 Å². The van der Waals surface area contributed by atoms with Crippen LogP contribution in [0.25, 0.3) is 0 Å².